The standard InChI is InChI=1S/C11H12O3S/c12-11-8-15-7-10(14-11)6-13-9-4-2-1-3-5-9/h1-5,10H,6-8H2. The van der Waals surface area contributed by atoms with E-state index >= 15 is 0 Å². The van der Waals surface area contributed by atoms with Crippen molar-refractivity contribution in [2.75, 3.05) is 18.1 Å². The highest BCUT2D eigenvalue weighted by atomic mass is 32.2. The van der Waals surface area contributed by atoms with E-state index in [0.29, 0.717) is 12.4 Å². The summed E-state index contributed by atoms with van der Waals surface area (Å²) in [7, 11) is 0. The number of carbonyl (C=O) groups is 1. The van der Waals surface area contributed by atoms with Gasteiger partial charge in [-0.2, -0.15) is 0 Å². The molecule has 0 amide bonds. The van der Waals surface area contributed by atoms with Crippen molar-refractivity contribution in [3.63, 3.8) is 0 Å². The van der Waals surface area contributed by atoms with Crippen LogP contribution >= 0.6 is 11.8 Å². The van der Waals surface area contributed by atoms with Crippen LogP contribution in [0.15, 0.2) is 30.3 Å². The number of esters is 1. The summed E-state index contributed by atoms with van der Waals surface area (Å²) >= 11 is 1.59. The third-order valence-electron chi connectivity index (χ3n) is 2.00. The Morgan fingerprint density at radius 2 is 2.20 bits per heavy atom. The van der Waals surface area contributed by atoms with Gasteiger partial charge in [0.2, 0.25) is 0 Å². The van der Waals surface area contributed by atoms with E-state index in [-0.39, 0.29) is 12.1 Å². The molecular weight excluding hydrogens is 212 g/mol. The lowest BCUT2D eigenvalue weighted by Gasteiger charge is -2.21. The molecule has 1 aliphatic rings. The summed E-state index contributed by atoms with van der Waals surface area (Å²) in [5.74, 6) is 1.94. The highest BCUT2D eigenvalue weighted by Crippen LogP contribution is 2.15. The van der Waals surface area contributed by atoms with Crippen LogP contribution in [0.25, 0.3) is 0 Å². The van der Waals surface area contributed by atoms with Crippen LogP contribution in [0.3, 0.4) is 0 Å². The summed E-state index contributed by atoms with van der Waals surface area (Å²) in [6.45, 7) is 0.433. The molecule has 1 aliphatic heterocycles. The molecule has 1 unspecified atom stereocenters. The number of benzene rings is 1. The van der Waals surface area contributed by atoms with Gasteiger partial charge < -0.3 is 9.47 Å². The van der Waals surface area contributed by atoms with Gasteiger partial charge in [-0.25, -0.2) is 0 Å². The van der Waals surface area contributed by atoms with Crippen molar-refractivity contribution in [1.82, 2.24) is 0 Å². The minimum absolute atomic E-state index is 0.114. The fraction of sp³-hybridized carbons (Fsp3) is 0.364. The van der Waals surface area contributed by atoms with Gasteiger partial charge in [0, 0.05) is 5.75 Å². The first-order valence-electron chi connectivity index (χ1n) is 4.79. The molecule has 80 valence electrons. The van der Waals surface area contributed by atoms with Crippen LogP contribution in [0.1, 0.15) is 0 Å². The molecule has 2 rings (SSSR count). The molecule has 1 atom stereocenters. The number of thioether (sulfide) groups is 1. The number of ether oxygens (including phenoxy) is 2. The smallest absolute Gasteiger partial charge is 0.316 e. The van der Waals surface area contributed by atoms with Crippen molar-refractivity contribution < 1.29 is 14.3 Å². The van der Waals surface area contributed by atoms with Crippen LogP contribution in [0.2, 0.25) is 0 Å². The van der Waals surface area contributed by atoms with Gasteiger partial charge in [0.05, 0.1) is 5.75 Å². The number of carbonyl (C=O) groups excluding carboxylic acids is 1. The molecule has 4 heteroatoms. The maximum Gasteiger partial charge on any atom is 0.316 e. The lowest BCUT2D eigenvalue weighted by molar-refractivity contribution is -0.146. The summed E-state index contributed by atoms with van der Waals surface area (Å²) in [6, 6.07) is 9.53. The predicted octanol–water partition coefficient (Wildman–Crippen LogP) is 1.72. The normalized spacial score (nSPS) is 20.8. The maximum atomic E-state index is 11.0. The van der Waals surface area contributed by atoms with Crippen LogP contribution in [0.4, 0.5) is 0 Å². The molecule has 1 heterocycles. The second-order valence-electron chi connectivity index (χ2n) is 3.25. The molecule has 0 N–H and O–H groups in total. The Hall–Kier alpha value is -1.16. The molecule has 0 bridgehead atoms. The van der Waals surface area contributed by atoms with Gasteiger partial charge in [-0.1, -0.05) is 18.2 Å². The fourth-order valence-corrected chi connectivity index (χ4v) is 2.10. The predicted molar refractivity (Wildman–Crippen MR) is 59.1 cm³/mol. The summed E-state index contributed by atoms with van der Waals surface area (Å²) in [5.41, 5.74) is 0. The van der Waals surface area contributed by atoms with Gasteiger partial charge in [-0.05, 0) is 12.1 Å². The number of rotatable bonds is 3. The van der Waals surface area contributed by atoms with Crippen molar-refractivity contribution >= 4 is 17.7 Å². The monoisotopic (exact) mass is 224 g/mol. The molecule has 0 saturated carbocycles. The fourth-order valence-electron chi connectivity index (χ4n) is 1.32. The molecule has 0 spiro atoms. The molecule has 1 saturated heterocycles. The van der Waals surface area contributed by atoms with Crippen LogP contribution in [-0.2, 0) is 9.53 Å². The molecule has 3 nitrogen and oxygen atoms in total. The van der Waals surface area contributed by atoms with E-state index in [0.717, 1.165) is 11.5 Å². The molecular formula is C11H12O3S. The van der Waals surface area contributed by atoms with Crippen LogP contribution in [-0.4, -0.2) is 30.2 Å². The van der Waals surface area contributed by atoms with Crippen molar-refractivity contribution in [3.05, 3.63) is 30.3 Å². The van der Waals surface area contributed by atoms with Crippen LogP contribution in [0.5, 0.6) is 5.75 Å². The van der Waals surface area contributed by atoms with E-state index in [4.69, 9.17) is 9.47 Å². The topological polar surface area (TPSA) is 35.5 Å². The molecule has 15 heavy (non-hydrogen) atoms. The Morgan fingerprint density at radius 3 is 2.93 bits per heavy atom. The van der Waals surface area contributed by atoms with Crippen molar-refractivity contribution in [2.24, 2.45) is 0 Å². The number of para-hydroxylation sites is 1. The third-order valence-corrected chi connectivity index (χ3v) is 3.05. The van der Waals surface area contributed by atoms with Gasteiger partial charge in [0.25, 0.3) is 0 Å². The van der Waals surface area contributed by atoms with Gasteiger partial charge >= 0.3 is 5.97 Å². The minimum Gasteiger partial charge on any atom is -0.490 e. The van der Waals surface area contributed by atoms with Gasteiger partial charge in [0.1, 0.15) is 18.5 Å². The van der Waals surface area contributed by atoms with E-state index in [9.17, 15) is 4.79 Å². The second kappa shape index (κ2) is 5.07. The first-order valence-corrected chi connectivity index (χ1v) is 5.95. The Kier molecular flexibility index (Phi) is 3.50. The highest BCUT2D eigenvalue weighted by Gasteiger charge is 2.21. The molecule has 0 radical (unpaired) electrons. The zero-order chi connectivity index (χ0) is 10.5. The van der Waals surface area contributed by atoms with Gasteiger partial charge in [0.15, 0.2) is 0 Å². The van der Waals surface area contributed by atoms with Gasteiger partial charge in [-0.3, -0.25) is 4.79 Å². The van der Waals surface area contributed by atoms with Crippen LogP contribution < -0.4 is 4.74 Å². The van der Waals surface area contributed by atoms with E-state index < -0.39 is 0 Å². The lowest BCUT2D eigenvalue weighted by atomic mass is 10.3. The zero-order valence-corrected chi connectivity index (χ0v) is 9.03. The van der Waals surface area contributed by atoms with E-state index in [1.807, 2.05) is 30.3 Å². The second-order valence-corrected chi connectivity index (χ2v) is 4.28. The summed E-state index contributed by atoms with van der Waals surface area (Å²) in [5, 5.41) is 0. The number of hydrogen-bond donors (Lipinski definition) is 0. The van der Waals surface area contributed by atoms with Crippen molar-refractivity contribution in [1.29, 1.82) is 0 Å². The Labute approximate surface area is 92.8 Å². The quantitative estimate of drug-likeness (QED) is 0.732. The Bertz CT molecular complexity index is 326. The molecule has 0 aliphatic carbocycles. The molecule has 1 fully saturated rings. The van der Waals surface area contributed by atoms with Crippen molar-refractivity contribution in [3.8, 4) is 5.75 Å². The number of hydrogen-bond acceptors (Lipinski definition) is 4. The third kappa shape index (κ3) is 3.16. The van der Waals surface area contributed by atoms with E-state index in [1.54, 1.807) is 11.8 Å². The minimum atomic E-state index is -0.145. The average molecular weight is 224 g/mol. The molecule has 1 aromatic rings. The summed E-state index contributed by atoms with van der Waals surface area (Å²) in [6.07, 6.45) is -0.114. The van der Waals surface area contributed by atoms with Crippen molar-refractivity contribution in [2.45, 2.75) is 6.10 Å². The first-order chi connectivity index (χ1) is 7.34. The molecule has 0 aromatic heterocycles. The Morgan fingerprint density at radius 1 is 1.40 bits per heavy atom. The van der Waals surface area contributed by atoms with E-state index in [1.165, 1.54) is 0 Å². The SMILES string of the molecule is O=C1CSCC(COc2ccccc2)O1. The highest BCUT2D eigenvalue weighted by molar-refractivity contribution is 8.00. The Balaban J connectivity index is 1.80. The van der Waals surface area contributed by atoms with Crippen LogP contribution in [0, 0.1) is 0 Å². The number of cyclic esters (lactones) is 1. The molecule has 1 aromatic carbocycles. The summed E-state index contributed by atoms with van der Waals surface area (Å²) < 4.78 is 10.6. The first kappa shape index (κ1) is 10.4. The van der Waals surface area contributed by atoms with Gasteiger partial charge in [-0.15, -0.1) is 11.8 Å². The zero-order valence-electron chi connectivity index (χ0n) is 8.22. The lowest BCUT2D eigenvalue weighted by Crippen LogP contribution is -2.32. The largest absolute Gasteiger partial charge is 0.490 e. The van der Waals surface area contributed by atoms with E-state index in [2.05, 4.69) is 0 Å². The average Bonchev–Trinajstić information content (AvgIpc) is 2.28. The maximum absolute atomic E-state index is 11.0. The summed E-state index contributed by atoms with van der Waals surface area (Å²) in [4.78, 5) is 11.0.